The molecule has 1 saturated heterocycles. The molecule has 0 N–H and O–H groups in total. The highest BCUT2D eigenvalue weighted by molar-refractivity contribution is 7.99. The summed E-state index contributed by atoms with van der Waals surface area (Å²) >= 11 is 1.55. The van der Waals surface area contributed by atoms with Gasteiger partial charge in [-0.1, -0.05) is 30.8 Å². The number of rotatable bonds is 6. The van der Waals surface area contributed by atoms with Gasteiger partial charge in [-0.2, -0.15) is 0 Å². The largest absolute Gasteiger partial charge is 0.341 e. The number of Topliss-reactive ketones (excluding diaryl/α,β-unsaturated/α-hetero) is 1. The average molecular weight is 397 g/mol. The average Bonchev–Trinajstić information content (AvgIpc) is 3.28. The van der Waals surface area contributed by atoms with Gasteiger partial charge in [0, 0.05) is 24.7 Å². The molecule has 2 aromatic rings. The lowest BCUT2D eigenvalue weighted by molar-refractivity contribution is 0.102. The summed E-state index contributed by atoms with van der Waals surface area (Å²) in [5.41, 5.74) is 3.62. The van der Waals surface area contributed by atoms with E-state index in [9.17, 15) is 4.79 Å². The van der Waals surface area contributed by atoms with E-state index >= 15 is 0 Å². The molecule has 148 valence electrons. The number of hydrogen-bond donors (Lipinski definition) is 0. The van der Waals surface area contributed by atoms with E-state index in [0.29, 0.717) is 11.8 Å². The van der Waals surface area contributed by atoms with Gasteiger partial charge in [0.2, 0.25) is 5.95 Å². The van der Waals surface area contributed by atoms with Gasteiger partial charge in [-0.25, -0.2) is 0 Å². The third-order valence-corrected chi connectivity index (χ3v) is 7.32. The monoisotopic (exact) mass is 396 g/mol. The Kier molecular flexibility index (Phi) is 4.91. The van der Waals surface area contributed by atoms with E-state index in [4.69, 9.17) is 0 Å². The Morgan fingerprint density at radius 2 is 1.89 bits per heavy atom. The first-order valence-electron chi connectivity index (χ1n) is 10.7. The lowest BCUT2D eigenvalue weighted by Crippen LogP contribution is -2.34. The van der Waals surface area contributed by atoms with E-state index in [2.05, 4.69) is 38.7 Å². The number of ketones is 1. The summed E-state index contributed by atoms with van der Waals surface area (Å²) in [6.45, 7) is 4.45. The number of carbonyl (C=O) groups excluding carboxylic acids is 1. The van der Waals surface area contributed by atoms with Crippen LogP contribution in [-0.4, -0.2) is 39.4 Å². The van der Waals surface area contributed by atoms with Crippen LogP contribution in [0.25, 0.3) is 0 Å². The molecule has 1 aromatic carbocycles. The minimum Gasteiger partial charge on any atom is -0.341 e. The molecule has 2 heterocycles. The van der Waals surface area contributed by atoms with Gasteiger partial charge in [-0.05, 0) is 68.1 Å². The van der Waals surface area contributed by atoms with Crippen molar-refractivity contribution >= 4 is 23.5 Å². The van der Waals surface area contributed by atoms with Gasteiger partial charge in [0.05, 0.1) is 5.75 Å². The van der Waals surface area contributed by atoms with Crippen LogP contribution in [0.1, 0.15) is 66.6 Å². The molecule has 0 amide bonds. The van der Waals surface area contributed by atoms with Crippen molar-refractivity contribution in [3.8, 4) is 0 Å². The normalized spacial score (nSPS) is 19.8. The number of carbonyl (C=O) groups is 1. The van der Waals surface area contributed by atoms with Crippen LogP contribution in [0.2, 0.25) is 0 Å². The Labute approximate surface area is 170 Å². The van der Waals surface area contributed by atoms with Gasteiger partial charge in [0.1, 0.15) is 0 Å². The van der Waals surface area contributed by atoms with Crippen molar-refractivity contribution in [1.82, 2.24) is 14.8 Å². The number of piperidine rings is 1. The molecule has 2 fully saturated rings. The first-order valence-corrected chi connectivity index (χ1v) is 11.7. The second kappa shape index (κ2) is 7.54. The summed E-state index contributed by atoms with van der Waals surface area (Å²) in [4.78, 5) is 15.2. The molecule has 0 spiro atoms. The number of aryl methyl sites for hydroxylation is 2. The molecule has 5 rings (SSSR count). The van der Waals surface area contributed by atoms with Crippen LogP contribution >= 0.6 is 11.8 Å². The van der Waals surface area contributed by atoms with Crippen LogP contribution in [0.4, 0.5) is 5.95 Å². The molecule has 5 nitrogen and oxygen atoms in total. The molecule has 2 aliphatic carbocycles. The summed E-state index contributed by atoms with van der Waals surface area (Å²) in [6.07, 6.45) is 8.31. The molecule has 1 saturated carbocycles. The van der Waals surface area contributed by atoms with E-state index in [1.54, 1.807) is 11.8 Å². The van der Waals surface area contributed by atoms with Crippen molar-refractivity contribution in [3.05, 3.63) is 34.9 Å². The van der Waals surface area contributed by atoms with E-state index in [1.165, 1.54) is 43.2 Å². The number of aromatic nitrogens is 3. The number of fused-ring (bicyclic) bond motifs is 1. The zero-order valence-electron chi connectivity index (χ0n) is 16.6. The molecular weight excluding hydrogens is 368 g/mol. The summed E-state index contributed by atoms with van der Waals surface area (Å²) in [5, 5.41) is 9.92. The number of nitrogens with zero attached hydrogens (tertiary/aromatic N) is 4. The van der Waals surface area contributed by atoms with Crippen molar-refractivity contribution in [2.24, 2.45) is 5.92 Å². The SMILES string of the molecule is CC1CCN(c2nnc(SCC(=O)c3ccc4c(c3)CCC4)n2C2CC2)CC1. The maximum absolute atomic E-state index is 12.8. The van der Waals surface area contributed by atoms with Crippen LogP contribution in [0.3, 0.4) is 0 Å². The van der Waals surface area contributed by atoms with E-state index in [1.807, 2.05) is 6.07 Å². The van der Waals surface area contributed by atoms with Gasteiger partial charge in [0.25, 0.3) is 0 Å². The first-order chi connectivity index (χ1) is 13.7. The topological polar surface area (TPSA) is 51.0 Å². The summed E-state index contributed by atoms with van der Waals surface area (Å²) in [7, 11) is 0. The minimum absolute atomic E-state index is 0.193. The third-order valence-electron chi connectivity index (χ3n) is 6.38. The van der Waals surface area contributed by atoms with Gasteiger partial charge in [-0.15, -0.1) is 10.2 Å². The van der Waals surface area contributed by atoms with Gasteiger partial charge in [0.15, 0.2) is 10.9 Å². The second-order valence-electron chi connectivity index (χ2n) is 8.60. The number of benzene rings is 1. The predicted molar refractivity (Wildman–Crippen MR) is 112 cm³/mol. The van der Waals surface area contributed by atoms with Crippen molar-refractivity contribution in [2.45, 2.75) is 63.1 Å². The molecule has 0 radical (unpaired) electrons. The number of anilines is 1. The van der Waals surface area contributed by atoms with E-state index < -0.39 is 0 Å². The Morgan fingerprint density at radius 3 is 2.68 bits per heavy atom. The lowest BCUT2D eigenvalue weighted by Gasteiger charge is -2.31. The highest BCUT2D eigenvalue weighted by Gasteiger charge is 2.32. The third kappa shape index (κ3) is 3.59. The Hall–Kier alpha value is -1.82. The first kappa shape index (κ1) is 18.2. The maximum atomic E-state index is 12.8. The van der Waals surface area contributed by atoms with Crippen molar-refractivity contribution < 1.29 is 4.79 Å². The van der Waals surface area contributed by atoms with Gasteiger partial charge < -0.3 is 4.90 Å². The molecule has 3 aliphatic rings. The van der Waals surface area contributed by atoms with Crippen molar-refractivity contribution in [2.75, 3.05) is 23.7 Å². The summed E-state index contributed by atoms with van der Waals surface area (Å²) in [6, 6.07) is 6.76. The number of thioether (sulfide) groups is 1. The summed E-state index contributed by atoms with van der Waals surface area (Å²) in [5.74, 6) is 2.44. The second-order valence-corrected chi connectivity index (χ2v) is 9.54. The maximum Gasteiger partial charge on any atom is 0.228 e. The Balaban J connectivity index is 1.29. The highest BCUT2D eigenvalue weighted by Crippen LogP contribution is 2.41. The molecule has 1 aliphatic heterocycles. The quantitative estimate of drug-likeness (QED) is 0.538. The van der Waals surface area contributed by atoms with Crippen LogP contribution < -0.4 is 4.90 Å². The Bertz CT molecular complexity index is 881. The van der Waals surface area contributed by atoms with Crippen LogP contribution in [0.5, 0.6) is 0 Å². The molecule has 0 unspecified atom stereocenters. The Morgan fingerprint density at radius 1 is 1.11 bits per heavy atom. The fourth-order valence-electron chi connectivity index (χ4n) is 4.40. The van der Waals surface area contributed by atoms with Gasteiger partial charge >= 0.3 is 0 Å². The molecule has 28 heavy (non-hydrogen) atoms. The fraction of sp³-hybridized carbons (Fsp3) is 0.591. The molecule has 0 atom stereocenters. The standard InChI is InChI=1S/C22H28N4OS/c1-15-9-11-25(12-10-15)21-23-24-22(26(21)19-7-8-19)28-14-20(27)18-6-5-16-3-2-4-17(16)13-18/h5-6,13,15,19H,2-4,7-12,14H2,1H3. The molecule has 6 heteroatoms. The minimum atomic E-state index is 0.193. The highest BCUT2D eigenvalue weighted by atomic mass is 32.2. The van der Waals surface area contributed by atoms with Crippen LogP contribution in [0.15, 0.2) is 23.4 Å². The van der Waals surface area contributed by atoms with E-state index in [0.717, 1.165) is 48.5 Å². The summed E-state index contributed by atoms with van der Waals surface area (Å²) < 4.78 is 2.30. The zero-order chi connectivity index (χ0) is 19.1. The molecule has 0 bridgehead atoms. The van der Waals surface area contributed by atoms with Gasteiger partial charge in [-0.3, -0.25) is 9.36 Å². The lowest BCUT2D eigenvalue weighted by atomic mass is 10.00. The zero-order valence-corrected chi connectivity index (χ0v) is 17.4. The smallest absolute Gasteiger partial charge is 0.228 e. The fourth-order valence-corrected chi connectivity index (χ4v) is 5.30. The van der Waals surface area contributed by atoms with Crippen LogP contribution in [-0.2, 0) is 12.8 Å². The van der Waals surface area contributed by atoms with E-state index in [-0.39, 0.29) is 5.78 Å². The predicted octanol–water partition coefficient (Wildman–Crippen LogP) is 4.31. The van der Waals surface area contributed by atoms with Crippen molar-refractivity contribution in [3.63, 3.8) is 0 Å². The molecular formula is C22H28N4OS. The number of hydrogen-bond acceptors (Lipinski definition) is 5. The molecule has 1 aromatic heterocycles. The van der Waals surface area contributed by atoms with Crippen LogP contribution in [0, 0.1) is 5.92 Å². The van der Waals surface area contributed by atoms with Crippen molar-refractivity contribution in [1.29, 1.82) is 0 Å².